The molecule has 0 amide bonds. The number of ether oxygens (including phenoxy) is 1. The summed E-state index contributed by atoms with van der Waals surface area (Å²) in [6.07, 6.45) is 9.75. The third-order valence-electron chi connectivity index (χ3n) is 7.37. The van der Waals surface area contributed by atoms with Crippen LogP contribution in [0.3, 0.4) is 0 Å². The molecule has 6 nitrogen and oxygen atoms in total. The molecule has 1 spiro atoms. The summed E-state index contributed by atoms with van der Waals surface area (Å²) < 4.78 is 6.12. The zero-order valence-corrected chi connectivity index (χ0v) is 20.0. The number of anilines is 1. The molecular formula is C21H31ClIN5O. The van der Waals surface area contributed by atoms with Crippen LogP contribution in [0, 0.1) is 11.3 Å². The Balaban J connectivity index is 0.00000205. The van der Waals surface area contributed by atoms with E-state index >= 15 is 0 Å². The molecule has 1 aromatic heterocycles. The molecule has 2 N–H and O–H groups in total. The van der Waals surface area contributed by atoms with Gasteiger partial charge in [0.2, 0.25) is 0 Å². The Morgan fingerprint density at radius 3 is 2.90 bits per heavy atom. The summed E-state index contributed by atoms with van der Waals surface area (Å²) in [6, 6.07) is 4.62. The van der Waals surface area contributed by atoms with Crippen LogP contribution in [0.1, 0.15) is 38.5 Å². The van der Waals surface area contributed by atoms with Gasteiger partial charge in [0.15, 0.2) is 5.96 Å². The molecule has 5 rings (SSSR count). The first kappa shape index (κ1) is 21.4. The highest BCUT2D eigenvalue weighted by atomic mass is 127. The van der Waals surface area contributed by atoms with E-state index in [1.165, 1.54) is 32.1 Å². The highest BCUT2D eigenvalue weighted by molar-refractivity contribution is 14.0. The predicted octanol–water partition coefficient (Wildman–Crippen LogP) is 3.44. The summed E-state index contributed by atoms with van der Waals surface area (Å²) in [7, 11) is 1.88. The van der Waals surface area contributed by atoms with Crippen molar-refractivity contribution in [1.29, 1.82) is 0 Å². The molecule has 2 aliphatic carbocycles. The molecule has 0 aromatic carbocycles. The fourth-order valence-electron chi connectivity index (χ4n) is 6.10. The second-order valence-electron chi connectivity index (χ2n) is 8.76. The number of nitrogens with one attached hydrogen (secondary N) is 2. The fourth-order valence-corrected chi connectivity index (χ4v) is 6.34. The van der Waals surface area contributed by atoms with Crippen LogP contribution in [0.15, 0.2) is 23.3 Å². The zero-order chi connectivity index (χ0) is 19.1. The van der Waals surface area contributed by atoms with E-state index in [1.807, 2.05) is 19.2 Å². The van der Waals surface area contributed by atoms with Crippen molar-refractivity contribution in [3.05, 3.63) is 23.4 Å². The van der Waals surface area contributed by atoms with E-state index < -0.39 is 0 Å². The Kier molecular flexibility index (Phi) is 6.46. The molecule has 8 heteroatoms. The van der Waals surface area contributed by atoms with Crippen LogP contribution in [-0.4, -0.2) is 55.9 Å². The zero-order valence-electron chi connectivity index (χ0n) is 16.9. The summed E-state index contributed by atoms with van der Waals surface area (Å²) in [5.41, 5.74) is 0.335. The van der Waals surface area contributed by atoms with Crippen molar-refractivity contribution in [2.24, 2.45) is 16.3 Å². The SMILES string of the molecule is CN=C(NC1CCN(c2ncccc2Cl)C1)NC1C2CCOC2C12CCCC2.I. The lowest BCUT2D eigenvalue weighted by molar-refractivity contribution is -0.125. The molecule has 160 valence electrons. The topological polar surface area (TPSA) is 61.8 Å². The second kappa shape index (κ2) is 8.75. The standard InChI is InChI=1S/C21H30ClN5O.HI/c1-23-20(25-14-6-11-27(13-14)19-16(22)5-4-10-24-19)26-17-15-7-12-28-18(15)21(17)8-2-3-9-21;/h4-5,10,14-15,17-18H,2-3,6-9,11-13H2,1H3,(H2,23,25,26);1H. The molecule has 2 saturated heterocycles. The maximum atomic E-state index is 6.33. The molecule has 4 atom stereocenters. The van der Waals surface area contributed by atoms with Crippen LogP contribution in [0.2, 0.25) is 5.02 Å². The van der Waals surface area contributed by atoms with E-state index in [0.29, 0.717) is 29.5 Å². The first-order valence-corrected chi connectivity index (χ1v) is 11.1. The highest BCUT2D eigenvalue weighted by Gasteiger charge is 2.65. The first-order chi connectivity index (χ1) is 13.7. The quantitative estimate of drug-likeness (QED) is 0.355. The maximum Gasteiger partial charge on any atom is 0.191 e. The van der Waals surface area contributed by atoms with Gasteiger partial charge in [-0.15, -0.1) is 24.0 Å². The highest BCUT2D eigenvalue weighted by Crippen LogP contribution is 2.60. The van der Waals surface area contributed by atoms with Gasteiger partial charge in [0.05, 0.1) is 11.1 Å². The van der Waals surface area contributed by atoms with Crippen molar-refractivity contribution in [3.8, 4) is 0 Å². The number of aromatic nitrogens is 1. The Labute approximate surface area is 195 Å². The molecule has 3 heterocycles. The van der Waals surface area contributed by atoms with Crippen molar-refractivity contribution in [2.75, 3.05) is 31.6 Å². The summed E-state index contributed by atoms with van der Waals surface area (Å²) in [4.78, 5) is 11.3. The minimum Gasteiger partial charge on any atom is -0.377 e. The van der Waals surface area contributed by atoms with Gasteiger partial charge in [-0.1, -0.05) is 24.4 Å². The Morgan fingerprint density at radius 2 is 2.14 bits per heavy atom. The van der Waals surface area contributed by atoms with Crippen molar-refractivity contribution in [1.82, 2.24) is 15.6 Å². The van der Waals surface area contributed by atoms with Crippen LogP contribution in [0.5, 0.6) is 0 Å². The molecule has 0 bridgehead atoms. The van der Waals surface area contributed by atoms with Crippen LogP contribution >= 0.6 is 35.6 Å². The minimum absolute atomic E-state index is 0. The lowest BCUT2D eigenvalue weighted by atomic mass is 9.54. The van der Waals surface area contributed by atoms with E-state index in [0.717, 1.165) is 42.9 Å². The van der Waals surface area contributed by atoms with E-state index in [9.17, 15) is 0 Å². The Bertz CT molecular complexity index is 756. The lowest BCUT2D eigenvalue weighted by Crippen LogP contribution is -2.69. The lowest BCUT2D eigenvalue weighted by Gasteiger charge is -2.57. The molecule has 1 aromatic rings. The van der Waals surface area contributed by atoms with Crippen LogP contribution in [0.25, 0.3) is 0 Å². The monoisotopic (exact) mass is 531 g/mol. The van der Waals surface area contributed by atoms with Gasteiger partial charge in [-0.2, -0.15) is 0 Å². The number of halogens is 2. The van der Waals surface area contributed by atoms with E-state index in [-0.39, 0.29) is 24.0 Å². The van der Waals surface area contributed by atoms with E-state index in [4.69, 9.17) is 16.3 Å². The molecule has 2 saturated carbocycles. The van der Waals surface area contributed by atoms with Crippen LogP contribution in [-0.2, 0) is 4.74 Å². The summed E-state index contributed by atoms with van der Waals surface area (Å²) in [5.74, 6) is 2.45. The summed E-state index contributed by atoms with van der Waals surface area (Å²) >= 11 is 6.33. The van der Waals surface area contributed by atoms with Gasteiger partial charge in [-0.25, -0.2) is 4.98 Å². The van der Waals surface area contributed by atoms with Gasteiger partial charge < -0.3 is 20.3 Å². The van der Waals surface area contributed by atoms with Gasteiger partial charge in [0.25, 0.3) is 0 Å². The molecule has 4 aliphatic rings. The number of hydrogen-bond donors (Lipinski definition) is 2. The van der Waals surface area contributed by atoms with Gasteiger partial charge in [0, 0.05) is 56.4 Å². The average molecular weight is 532 g/mol. The molecule has 29 heavy (non-hydrogen) atoms. The number of pyridine rings is 1. The molecule has 2 aliphatic heterocycles. The molecule has 4 unspecified atom stereocenters. The molecule has 0 radical (unpaired) electrons. The Morgan fingerprint density at radius 1 is 1.31 bits per heavy atom. The first-order valence-electron chi connectivity index (χ1n) is 10.7. The molecule has 4 fully saturated rings. The Hall–Kier alpha value is -0.800. The van der Waals surface area contributed by atoms with Gasteiger partial charge >= 0.3 is 0 Å². The van der Waals surface area contributed by atoms with Crippen LogP contribution in [0.4, 0.5) is 5.82 Å². The number of rotatable bonds is 3. The van der Waals surface area contributed by atoms with Crippen molar-refractivity contribution >= 4 is 47.4 Å². The third kappa shape index (κ3) is 3.71. The minimum atomic E-state index is 0. The van der Waals surface area contributed by atoms with Crippen molar-refractivity contribution < 1.29 is 4.74 Å². The van der Waals surface area contributed by atoms with E-state index in [2.05, 4.69) is 25.5 Å². The number of nitrogens with zero attached hydrogens (tertiary/aromatic N) is 3. The van der Waals surface area contributed by atoms with Crippen LogP contribution < -0.4 is 15.5 Å². The third-order valence-corrected chi connectivity index (χ3v) is 7.66. The normalized spacial score (nSPS) is 32.6. The smallest absolute Gasteiger partial charge is 0.191 e. The molecular weight excluding hydrogens is 501 g/mol. The van der Waals surface area contributed by atoms with Gasteiger partial charge in [-0.05, 0) is 37.8 Å². The van der Waals surface area contributed by atoms with E-state index in [1.54, 1.807) is 6.20 Å². The number of guanidine groups is 1. The average Bonchev–Trinajstić information content (AvgIpc) is 3.45. The summed E-state index contributed by atoms with van der Waals surface area (Å²) in [6.45, 7) is 2.77. The van der Waals surface area contributed by atoms with Crippen molar-refractivity contribution in [2.45, 2.75) is 56.7 Å². The van der Waals surface area contributed by atoms with Gasteiger partial charge in [0.1, 0.15) is 5.82 Å². The number of hydrogen-bond acceptors (Lipinski definition) is 4. The number of fused-ring (bicyclic) bond motifs is 2. The fraction of sp³-hybridized carbons (Fsp3) is 0.714. The largest absolute Gasteiger partial charge is 0.377 e. The second-order valence-corrected chi connectivity index (χ2v) is 9.17. The van der Waals surface area contributed by atoms with Crippen molar-refractivity contribution in [3.63, 3.8) is 0 Å². The number of aliphatic imine (C=N–C) groups is 1. The summed E-state index contributed by atoms with van der Waals surface area (Å²) in [5, 5.41) is 8.17. The predicted molar refractivity (Wildman–Crippen MR) is 127 cm³/mol. The maximum absolute atomic E-state index is 6.33. The van der Waals surface area contributed by atoms with Gasteiger partial charge in [-0.3, -0.25) is 4.99 Å².